The fourth-order valence-electron chi connectivity index (χ4n) is 0.610. The Morgan fingerprint density at radius 2 is 2.22 bits per heavy atom. The van der Waals surface area contributed by atoms with Crippen molar-refractivity contribution in [3.05, 3.63) is 16.1 Å². The van der Waals surface area contributed by atoms with E-state index >= 15 is 0 Å². The van der Waals surface area contributed by atoms with Gasteiger partial charge in [0.25, 0.3) is 0 Å². The van der Waals surface area contributed by atoms with Crippen molar-refractivity contribution >= 4 is 11.5 Å². The van der Waals surface area contributed by atoms with Crippen LogP contribution in [-0.2, 0) is 6.61 Å². The van der Waals surface area contributed by atoms with Crippen molar-refractivity contribution in [3.63, 3.8) is 0 Å². The number of nitrogens with zero attached hydrogens (tertiary/aromatic N) is 1. The third kappa shape index (κ3) is 1.11. The Morgan fingerprint density at radius 3 is 2.44 bits per heavy atom. The minimum Gasteiger partial charge on any atom is -0.391 e. The number of rotatable bonds is 1. The van der Waals surface area contributed by atoms with Crippen molar-refractivity contribution in [2.45, 2.75) is 20.5 Å². The quantitative estimate of drug-likeness (QED) is 0.642. The van der Waals surface area contributed by atoms with E-state index < -0.39 is 0 Å². The van der Waals surface area contributed by atoms with Gasteiger partial charge in [-0.15, -0.1) is 0 Å². The van der Waals surface area contributed by atoms with Gasteiger partial charge in [0.05, 0.1) is 17.2 Å². The van der Waals surface area contributed by atoms with E-state index in [2.05, 4.69) is 4.37 Å². The molecular formula is C6H9NOS. The van der Waals surface area contributed by atoms with Crippen LogP contribution in [0.1, 0.15) is 16.1 Å². The van der Waals surface area contributed by atoms with Gasteiger partial charge in [-0.3, -0.25) is 0 Å². The Hall–Kier alpha value is -0.410. The first kappa shape index (κ1) is 6.71. The van der Waals surface area contributed by atoms with Gasteiger partial charge in [-0.25, -0.2) is 0 Å². The molecule has 0 radical (unpaired) electrons. The molecule has 1 N–H and O–H groups in total. The summed E-state index contributed by atoms with van der Waals surface area (Å²) in [5, 5.41) is 8.70. The second kappa shape index (κ2) is 2.45. The highest BCUT2D eigenvalue weighted by Gasteiger charge is 2.02. The highest BCUT2D eigenvalue weighted by Crippen LogP contribution is 2.15. The average molecular weight is 143 g/mol. The molecule has 1 aromatic rings. The van der Waals surface area contributed by atoms with Crippen LogP contribution < -0.4 is 0 Å². The summed E-state index contributed by atoms with van der Waals surface area (Å²) in [6.07, 6.45) is 0. The largest absolute Gasteiger partial charge is 0.391 e. The standard InChI is InChI=1S/C6H9NOS/c1-4-5(2)7-9-6(4)3-8/h8H,3H2,1-2H3. The minimum absolute atomic E-state index is 0.122. The van der Waals surface area contributed by atoms with Gasteiger partial charge in [-0.2, -0.15) is 4.37 Å². The molecule has 0 saturated heterocycles. The van der Waals surface area contributed by atoms with Crippen LogP contribution >= 0.6 is 11.5 Å². The monoisotopic (exact) mass is 143 g/mol. The Kier molecular flexibility index (Phi) is 1.83. The Balaban J connectivity index is 3.04. The number of aliphatic hydroxyl groups excluding tert-OH is 1. The molecule has 0 amide bonds. The second-order valence-electron chi connectivity index (χ2n) is 1.97. The van der Waals surface area contributed by atoms with Crippen LogP contribution in [0.15, 0.2) is 0 Å². The summed E-state index contributed by atoms with van der Waals surface area (Å²) < 4.78 is 4.07. The zero-order valence-corrected chi connectivity index (χ0v) is 6.33. The molecule has 1 heterocycles. The van der Waals surface area contributed by atoms with Gasteiger partial charge in [0.2, 0.25) is 0 Å². The van der Waals surface area contributed by atoms with E-state index in [-0.39, 0.29) is 6.61 Å². The molecule has 0 saturated carbocycles. The van der Waals surface area contributed by atoms with Crippen molar-refractivity contribution in [3.8, 4) is 0 Å². The van der Waals surface area contributed by atoms with E-state index in [0.717, 1.165) is 16.1 Å². The summed E-state index contributed by atoms with van der Waals surface area (Å²) in [6.45, 7) is 4.05. The van der Waals surface area contributed by atoms with E-state index in [9.17, 15) is 0 Å². The predicted molar refractivity (Wildman–Crippen MR) is 37.5 cm³/mol. The molecule has 50 valence electrons. The van der Waals surface area contributed by atoms with Gasteiger partial charge >= 0.3 is 0 Å². The summed E-state index contributed by atoms with van der Waals surface area (Å²) in [6, 6.07) is 0. The smallest absolute Gasteiger partial charge is 0.0793 e. The van der Waals surface area contributed by atoms with E-state index in [0.29, 0.717) is 0 Å². The fraction of sp³-hybridized carbons (Fsp3) is 0.500. The molecule has 0 atom stereocenters. The maximum absolute atomic E-state index is 8.70. The van der Waals surface area contributed by atoms with E-state index in [4.69, 9.17) is 5.11 Å². The van der Waals surface area contributed by atoms with E-state index in [1.807, 2.05) is 13.8 Å². The fourth-order valence-corrected chi connectivity index (χ4v) is 1.34. The summed E-state index contributed by atoms with van der Waals surface area (Å²) in [5.74, 6) is 0. The molecule has 3 heteroatoms. The molecule has 0 spiro atoms. The lowest BCUT2D eigenvalue weighted by atomic mass is 10.2. The molecule has 1 aromatic heterocycles. The third-order valence-electron chi connectivity index (χ3n) is 1.40. The summed E-state index contributed by atoms with van der Waals surface area (Å²) in [5.41, 5.74) is 2.16. The molecular weight excluding hydrogens is 134 g/mol. The maximum Gasteiger partial charge on any atom is 0.0793 e. The molecule has 0 aliphatic rings. The topological polar surface area (TPSA) is 33.1 Å². The number of aromatic nitrogens is 1. The van der Waals surface area contributed by atoms with Gasteiger partial charge in [-0.05, 0) is 30.9 Å². The first-order valence-corrected chi connectivity index (χ1v) is 3.55. The second-order valence-corrected chi connectivity index (χ2v) is 2.83. The molecule has 0 fully saturated rings. The van der Waals surface area contributed by atoms with Gasteiger partial charge < -0.3 is 5.11 Å². The first-order chi connectivity index (χ1) is 4.25. The van der Waals surface area contributed by atoms with Crippen LogP contribution in [0, 0.1) is 13.8 Å². The number of aryl methyl sites for hydroxylation is 1. The third-order valence-corrected chi connectivity index (χ3v) is 2.42. The molecule has 9 heavy (non-hydrogen) atoms. The average Bonchev–Trinajstić information content (AvgIpc) is 2.15. The Morgan fingerprint density at radius 1 is 1.56 bits per heavy atom. The van der Waals surface area contributed by atoms with E-state index in [1.54, 1.807) is 0 Å². The van der Waals surface area contributed by atoms with Gasteiger partial charge in [0, 0.05) is 0 Å². The highest BCUT2D eigenvalue weighted by atomic mass is 32.1. The van der Waals surface area contributed by atoms with Crippen molar-refractivity contribution < 1.29 is 5.11 Å². The normalized spacial score (nSPS) is 10.1. The highest BCUT2D eigenvalue weighted by molar-refractivity contribution is 7.05. The molecule has 0 bridgehead atoms. The first-order valence-electron chi connectivity index (χ1n) is 2.78. The van der Waals surface area contributed by atoms with Crippen LogP contribution in [0.3, 0.4) is 0 Å². The van der Waals surface area contributed by atoms with Crippen LogP contribution in [0.5, 0.6) is 0 Å². The van der Waals surface area contributed by atoms with Crippen molar-refractivity contribution in [1.29, 1.82) is 0 Å². The minimum atomic E-state index is 0.122. The summed E-state index contributed by atoms with van der Waals surface area (Å²) in [4.78, 5) is 0.979. The lowest BCUT2D eigenvalue weighted by Gasteiger charge is -1.88. The lowest BCUT2D eigenvalue weighted by molar-refractivity contribution is 0.285. The van der Waals surface area contributed by atoms with Crippen molar-refractivity contribution in [2.75, 3.05) is 0 Å². The van der Waals surface area contributed by atoms with Crippen LogP contribution in [0.4, 0.5) is 0 Å². The Bertz CT molecular complexity index is 207. The zero-order chi connectivity index (χ0) is 6.85. The van der Waals surface area contributed by atoms with Crippen LogP contribution in [0.25, 0.3) is 0 Å². The van der Waals surface area contributed by atoms with Gasteiger partial charge in [0.1, 0.15) is 0 Å². The molecule has 0 unspecified atom stereocenters. The molecule has 0 aliphatic heterocycles. The molecule has 0 aliphatic carbocycles. The Labute approximate surface area is 58.3 Å². The van der Waals surface area contributed by atoms with Crippen molar-refractivity contribution in [1.82, 2.24) is 4.37 Å². The SMILES string of the molecule is Cc1nsc(CO)c1C. The predicted octanol–water partition coefficient (Wildman–Crippen LogP) is 1.25. The number of aliphatic hydroxyl groups is 1. The van der Waals surface area contributed by atoms with Crippen molar-refractivity contribution in [2.24, 2.45) is 0 Å². The van der Waals surface area contributed by atoms with Crippen LogP contribution in [0.2, 0.25) is 0 Å². The van der Waals surface area contributed by atoms with Gasteiger partial charge in [-0.1, -0.05) is 0 Å². The molecule has 1 rings (SSSR count). The van der Waals surface area contributed by atoms with Crippen LogP contribution in [-0.4, -0.2) is 9.48 Å². The molecule has 2 nitrogen and oxygen atoms in total. The zero-order valence-electron chi connectivity index (χ0n) is 5.51. The van der Waals surface area contributed by atoms with Gasteiger partial charge in [0.15, 0.2) is 0 Å². The number of hydrogen-bond donors (Lipinski definition) is 1. The maximum atomic E-state index is 8.70. The lowest BCUT2D eigenvalue weighted by Crippen LogP contribution is -1.80. The van der Waals surface area contributed by atoms with E-state index in [1.165, 1.54) is 11.5 Å². The summed E-state index contributed by atoms with van der Waals surface area (Å²) >= 11 is 1.38. The molecule has 0 aromatic carbocycles. The summed E-state index contributed by atoms with van der Waals surface area (Å²) in [7, 11) is 0. The number of hydrogen-bond acceptors (Lipinski definition) is 3.